The number of fused-ring (bicyclic) bond motifs is 1. The van der Waals surface area contributed by atoms with E-state index in [1.807, 2.05) is 43.3 Å². The van der Waals surface area contributed by atoms with Gasteiger partial charge in [0.05, 0.1) is 27.4 Å². The minimum Gasteiger partial charge on any atom is -0.283 e. The van der Waals surface area contributed by atoms with E-state index in [9.17, 15) is 14.9 Å². The number of benzene rings is 2. The fourth-order valence-corrected chi connectivity index (χ4v) is 4.71. The molecule has 2 aromatic heterocycles. The van der Waals surface area contributed by atoms with Crippen LogP contribution in [0.5, 0.6) is 0 Å². The van der Waals surface area contributed by atoms with E-state index in [-0.39, 0.29) is 17.3 Å². The van der Waals surface area contributed by atoms with Gasteiger partial charge in [-0.1, -0.05) is 29.0 Å². The summed E-state index contributed by atoms with van der Waals surface area (Å²) in [6.07, 6.45) is 3.36. The molecule has 2 aromatic carbocycles. The summed E-state index contributed by atoms with van der Waals surface area (Å²) in [7, 11) is 0. The van der Waals surface area contributed by atoms with Crippen LogP contribution in [-0.2, 0) is 11.3 Å². The van der Waals surface area contributed by atoms with Gasteiger partial charge in [-0.05, 0) is 42.8 Å². The molecule has 0 aliphatic rings. The number of non-ortho nitro benzene ring substituents is 1. The lowest BCUT2D eigenvalue weighted by molar-refractivity contribution is -0.384. The predicted octanol–water partition coefficient (Wildman–Crippen LogP) is 5.23. The second-order valence-corrected chi connectivity index (χ2v) is 8.90. The molecule has 0 fully saturated rings. The maximum Gasteiger partial charge on any atom is 0.270 e. The maximum absolute atomic E-state index is 13.2. The highest BCUT2D eigenvalue weighted by molar-refractivity contribution is 8.00. The monoisotopic (exact) mass is 450 g/mol. The van der Waals surface area contributed by atoms with E-state index in [0.717, 1.165) is 10.5 Å². The molecule has 0 bridgehead atoms. The third kappa shape index (κ3) is 5.07. The summed E-state index contributed by atoms with van der Waals surface area (Å²) in [5, 5.41) is 11.6. The van der Waals surface area contributed by atoms with Gasteiger partial charge in [-0.25, -0.2) is 4.98 Å². The molecule has 0 saturated carbocycles. The van der Waals surface area contributed by atoms with Crippen molar-refractivity contribution in [2.24, 2.45) is 0 Å². The number of hydrogen-bond acceptors (Lipinski definition) is 7. The lowest BCUT2D eigenvalue weighted by Gasteiger charge is -2.20. The van der Waals surface area contributed by atoms with Gasteiger partial charge in [0.2, 0.25) is 5.91 Å². The third-order valence-corrected chi connectivity index (χ3v) is 6.61. The summed E-state index contributed by atoms with van der Waals surface area (Å²) >= 11 is 2.74. The largest absolute Gasteiger partial charge is 0.283 e. The molecule has 7 nitrogen and oxygen atoms in total. The first kappa shape index (κ1) is 21.0. The highest BCUT2D eigenvalue weighted by Crippen LogP contribution is 2.33. The van der Waals surface area contributed by atoms with Crippen molar-refractivity contribution < 1.29 is 9.72 Å². The van der Waals surface area contributed by atoms with Crippen LogP contribution in [0.2, 0.25) is 0 Å². The number of anilines is 1. The number of carbonyl (C=O) groups excluding carboxylic acids is 1. The normalized spacial score (nSPS) is 10.9. The predicted molar refractivity (Wildman–Crippen MR) is 124 cm³/mol. The fourth-order valence-electron chi connectivity index (χ4n) is 2.92. The Morgan fingerprint density at radius 2 is 1.87 bits per heavy atom. The Bertz CT molecular complexity index is 1230. The molecule has 0 atom stereocenters. The molecule has 0 saturated heterocycles. The summed E-state index contributed by atoms with van der Waals surface area (Å²) in [4.78, 5) is 35.1. The number of nitrogens with zero attached hydrogens (tertiary/aromatic N) is 4. The lowest BCUT2D eigenvalue weighted by Crippen LogP contribution is -2.31. The molecule has 1 amide bonds. The average Bonchev–Trinajstić information content (AvgIpc) is 3.20. The molecule has 156 valence electrons. The fraction of sp³-hybridized carbons (Fsp3) is 0.136. The molecule has 0 radical (unpaired) electrons. The number of rotatable bonds is 7. The minimum absolute atomic E-state index is 0.00429. The number of pyridine rings is 1. The zero-order chi connectivity index (χ0) is 21.8. The van der Waals surface area contributed by atoms with Crippen LogP contribution >= 0.6 is 23.1 Å². The second kappa shape index (κ2) is 9.23. The minimum atomic E-state index is -0.434. The van der Waals surface area contributed by atoms with Gasteiger partial charge in [0.25, 0.3) is 5.69 Å². The maximum atomic E-state index is 13.2. The van der Waals surface area contributed by atoms with E-state index in [4.69, 9.17) is 0 Å². The zero-order valence-electron chi connectivity index (χ0n) is 16.6. The molecular formula is C22H18N4O3S2. The van der Waals surface area contributed by atoms with Crippen LogP contribution in [0.25, 0.3) is 10.2 Å². The number of thiazole rings is 1. The van der Waals surface area contributed by atoms with E-state index < -0.39 is 4.92 Å². The molecule has 2 heterocycles. The first-order chi connectivity index (χ1) is 15.0. The van der Waals surface area contributed by atoms with Crippen LogP contribution in [0.3, 0.4) is 0 Å². The second-order valence-electron chi connectivity index (χ2n) is 6.84. The SMILES string of the molecule is Cc1ccc(SCC(=O)N(Cc2ccncc2)c2nc3ccc([N+](=O)[O-])cc3s2)cc1. The number of thioether (sulfide) groups is 1. The first-order valence-corrected chi connectivity index (χ1v) is 11.2. The average molecular weight is 451 g/mol. The van der Waals surface area contributed by atoms with Crippen molar-refractivity contribution in [3.05, 3.63) is 88.2 Å². The Balaban J connectivity index is 1.61. The first-order valence-electron chi connectivity index (χ1n) is 9.43. The standard InChI is InChI=1S/C22H18N4O3S2/c1-15-2-5-18(6-3-15)30-14-21(27)25(13-16-8-10-23-11-9-16)22-24-19-7-4-17(26(28)29)12-20(19)31-22/h2-12H,13-14H2,1H3. The molecule has 0 spiro atoms. The van der Waals surface area contributed by atoms with Crippen LogP contribution in [-0.4, -0.2) is 26.6 Å². The Morgan fingerprint density at radius 3 is 2.58 bits per heavy atom. The molecule has 9 heteroatoms. The van der Waals surface area contributed by atoms with Crippen molar-refractivity contribution in [3.63, 3.8) is 0 Å². The van der Waals surface area contributed by atoms with Crippen molar-refractivity contribution in [1.82, 2.24) is 9.97 Å². The Labute approximate surface area is 186 Å². The third-order valence-electron chi connectivity index (χ3n) is 4.58. The number of nitro benzene ring substituents is 1. The Kier molecular flexibility index (Phi) is 6.24. The van der Waals surface area contributed by atoms with Crippen LogP contribution < -0.4 is 4.90 Å². The number of carbonyl (C=O) groups is 1. The number of hydrogen-bond donors (Lipinski definition) is 0. The van der Waals surface area contributed by atoms with E-state index in [2.05, 4.69) is 9.97 Å². The molecule has 0 aliphatic carbocycles. The van der Waals surface area contributed by atoms with Crippen molar-refractivity contribution in [1.29, 1.82) is 0 Å². The van der Waals surface area contributed by atoms with Gasteiger partial charge in [-0.15, -0.1) is 11.8 Å². The van der Waals surface area contributed by atoms with Crippen LogP contribution in [0, 0.1) is 17.0 Å². The van der Waals surface area contributed by atoms with Gasteiger partial charge < -0.3 is 0 Å². The van der Waals surface area contributed by atoms with Gasteiger partial charge in [-0.3, -0.25) is 24.8 Å². The summed E-state index contributed by atoms with van der Waals surface area (Å²) in [6, 6.07) is 16.3. The highest BCUT2D eigenvalue weighted by Gasteiger charge is 2.21. The molecule has 0 N–H and O–H groups in total. The summed E-state index contributed by atoms with van der Waals surface area (Å²) in [6.45, 7) is 2.37. The van der Waals surface area contributed by atoms with E-state index >= 15 is 0 Å². The van der Waals surface area contributed by atoms with E-state index in [0.29, 0.717) is 21.9 Å². The topological polar surface area (TPSA) is 89.2 Å². The molecular weight excluding hydrogens is 432 g/mol. The van der Waals surface area contributed by atoms with Crippen molar-refractivity contribution >= 4 is 50.0 Å². The summed E-state index contributed by atoms with van der Waals surface area (Å²) in [5.41, 5.74) is 2.72. The van der Waals surface area contributed by atoms with Crippen LogP contribution in [0.1, 0.15) is 11.1 Å². The highest BCUT2D eigenvalue weighted by atomic mass is 32.2. The number of amides is 1. The van der Waals surface area contributed by atoms with Gasteiger partial charge >= 0.3 is 0 Å². The van der Waals surface area contributed by atoms with Gasteiger partial charge in [0.1, 0.15) is 0 Å². The van der Waals surface area contributed by atoms with E-state index in [1.165, 1.54) is 40.8 Å². The number of aromatic nitrogens is 2. The molecule has 4 aromatic rings. The molecule has 4 rings (SSSR count). The van der Waals surface area contributed by atoms with E-state index in [1.54, 1.807) is 23.4 Å². The smallest absolute Gasteiger partial charge is 0.270 e. The van der Waals surface area contributed by atoms with Crippen molar-refractivity contribution in [2.45, 2.75) is 18.4 Å². The summed E-state index contributed by atoms with van der Waals surface area (Å²) in [5.74, 6) is 0.167. The quantitative estimate of drug-likeness (QED) is 0.217. The van der Waals surface area contributed by atoms with Gasteiger partial charge in [-0.2, -0.15) is 0 Å². The van der Waals surface area contributed by atoms with Crippen molar-refractivity contribution in [2.75, 3.05) is 10.7 Å². The zero-order valence-corrected chi connectivity index (χ0v) is 18.2. The molecule has 0 aliphatic heterocycles. The van der Waals surface area contributed by atoms with Gasteiger partial charge in [0.15, 0.2) is 5.13 Å². The Morgan fingerprint density at radius 1 is 1.13 bits per heavy atom. The number of aryl methyl sites for hydroxylation is 1. The van der Waals surface area contributed by atoms with Crippen molar-refractivity contribution in [3.8, 4) is 0 Å². The van der Waals surface area contributed by atoms with Gasteiger partial charge in [0, 0.05) is 29.4 Å². The lowest BCUT2D eigenvalue weighted by atomic mass is 10.2. The molecule has 0 unspecified atom stereocenters. The Hall–Kier alpha value is -3.30. The molecule has 31 heavy (non-hydrogen) atoms. The van der Waals surface area contributed by atoms with Crippen LogP contribution in [0.4, 0.5) is 10.8 Å². The van der Waals surface area contributed by atoms with Crippen LogP contribution in [0.15, 0.2) is 71.9 Å². The number of nitro groups is 1. The summed E-state index contributed by atoms with van der Waals surface area (Å²) < 4.78 is 0.669.